The Balaban J connectivity index is 1.55. The molecule has 0 fully saturated rings. The molecule has 0 aliphatic carbocycles. The van der Waals surface area contributed by atoms with Crippen LogP contribution < -0.4 is 10.1 Å². The molecule has 0 spiro atoms. The van der Waals surface area contributed by atoms with Crippen molar-refractivity contribution >= 4 is 26.8 Å². The third-order valence-electron chi connectivity index (χ3n) is 3.78. The SMILES string of the molecule is COc1ccc2cc(CNCCc3ccc(Br)cc3)cnc2c1. The molecule has 0 bridgehead atoms. The van der Waals surface area contributed by atoms with Crippen molar-refractivity contribution < 1.29 is 4.74 Å². The summed E-state index contributed by atoms with van der Waals surface area (Å²) >= 11 is 3.46. The summed E-state index contributed by atoms with van der Waals surface area (Å²) in [5, 5.41) is 4.61. The minimum Gasteiger partial charge on any atom is -0.497 e. The van der Waals surface area contributed by atoms with Crippen molar-refractivity contribution in [2.24, 2.45) is 0 Å². The second-order valence-corrected chi connectivity index (χ2v) is 6.37. The highest BCUT2D eigenvalue weighted by molar-refractivity contribution is 9.10. The molecule has 23 heavy (non-hydrogen) atoms. The average Bonchev–Trinajstić information content (AvgIpc) is 2.59. The Bertz CT molecular complexity index is 787. The average molecular weight is 371 g/mol. The zero-order valence-corrected chi connectivity index (χ0v) is 14.6. The van der Waals surface area contributed by atoms with Crippen molar-refractivity contribution in [2.75, 3.05) is 13.7 Å². The zero-order valence-electron chi connectivity index (χ0n) is 13.1. The fourth-order valence-electron chi connectivity index (χ4n) is 2.49. The predicted molar refractivity (Wildman–Crippen MR) is 97.8 cm³/mol. The molecule has 4 heteroatoms. The van der Waals surface area contributed by atoms with E-state index in [9.17, 15) is 0 Å². The van der Waals surface area contributed by atoms with Crippen LogP contribution in [0.25, 0.3) is 10.9 Å². The summed E-state index contributed by atoms with van der Waals surface area (Å²) in [5.41, 5.74) is 3.49. The van der Waals surface area contributed by atoms with E-state index in [1.54, 1.807) is 7.11 Å². The van der Waals surface area contributed by atoms with Gasteiger partial charge in [0.2, 0.25) is 0 Å². The fourth-order valence-corrected chi connectivity index (χ4v) is 2.75. The maximum atomic E-state index is 5.23. The van der Waals surface area contributed by atoms with E-state index in [0.717, 1.165) is 40.6 Å². The van der Waals surface area contributed by atoms with Crippen LogP contribution in [0.3, 0.4) is 0 Å². The number of halogens is 1. The van der Waals surface area contributed by atoms with Gasteiger partial charge < -0.3 is 10.1 Å². The number of ether oxygens (including phenoxy) is 1. The number of nitrogens with one attached hydrogen (secondary N) is 1. The van der Waals surface area contributed by atoms with Gasteiger partial charge in [0.25, 0.3) is 0 Å². The molecule has 2 aromatic carbocycles. The van der Waals surface area contributed by atoms with Gasteiger partial charge in [-0.15, -0.1) is 0 Å². The molecular weight excluding hydrogens is 352 g/mol. The molecule has 0 radical (unpaired) electrons. The molecule has 3 aromatic rings. The summed E-state index contributed by atoms with van der Waals surface area (Å²) in [4.78, 5) is 4.51. The number of benzene rings is 2. The molecule has 1 N–H and O–H groups in total. The summed E-state index contributed by atoms with van der Waals surface area (Å²) < 4.78 is 6.34. The van der Waals surface area contributed by atoms with Gasteiger partial charge in [-0.05, 0) is 54.4 Å². The first kappa shape index (κ1) is 16.0. The molecule has 0 unspecified atom stereocenters. The smallest absolute Gasteiger partial charge is 0.121 e. The van der Waals surface area contributed by atoms with Crippen LogP contribution in [-0.2, 0) is 13.0 Å². The highest BCUT2D eigenvalue weighted by Crippen LogP contribution is 2.19. The summed E-state index contributed by atoms with van der Waals surface area (Å²) in [5.74, 6) is 0.838. The van der Waals surface area contributed by atoms with E-state index >= 15 is 0 Å². The molecule has 118 valence electrons. The number of methoxy groups -OCH3 is 1. The first-order valence-corrected chi connectivity index (χ1v) is 8.42. The van der Waals surface area contributed by atoms with Crippen LogP contribution in [0.2, 0.25) is 0 Å². The lowest BCUT2D eigenvalue weighted by molar-refractivity contribution is 0.415. The number of fused-ring (bicyclic) bond motifs is 1. The van der Waals surface area contributed by atoms with Gasteiger partial charge >= 0.3 is 0 Å². The quantitative estimate of drug-likeness (QED) is 0.655. The highest BCUT2D eigenvalue weighted by Gasteiger charge is 2.00. The first-order chi connectivity index (χ1) is 11.2. The molecule has 0 aliphatic rings. The molecule has 1 heterocycles. The van der Waals surface area contributed by atoms with E-state index in [0.29, 0.717) is 0 Å². The maximum absolute atomic E-state index is 5.23. The minimum absolute atomic E-state index is 0.825. The van der Waals surface area contributed by atoms with E-state index in [1.807, 2.05) is 24.4 Å². The van der Waals surface area contributed by atoms with E-state index in [-0.39, 0.29) is 0 Å². The van der Waals surface area contributed by atoms with Crippen molar-refractivity contribution in [3.63, 3.8) is 0 Å². The standard InChI is InChI=1S/C19H19BrN2O/c1-23-18-7-4-16-10-15(13-22-19(16)11-18)12-21-9-8-14-2-5-17(20)6-3-14/h2-7,10-11,13,21H,8-9,12H2,1H3. The molecule has 0 saturated carbocycles. The number of nitrogens with zero attached hydrogens (tertiary/aromatic N) is 1. The Labute approximate surface area is 144 Å². The van der Waals surface area contributed by atoms with Crippen LogP contribution in [0.15, 0.2) is 59.2 Å². The normalized spacial score (nSPS) is 10.9. The molecular formula is C19H19BrN2O. The first-order valence-electron chi connectivity index (χ1n) is 7.62. The van der Waals surface area contributed by atoms with Crippen molar-refractivity contribution in [1.82, 2.24) is 10.3 Å². The summed E-state index contributed by atoms with van der Waals surface area (Å²) in [6, 6.07) is 16.6. The third kappa shape index (κ3) is 4.30. The molecule has 0 saturated heterocycles. The van der Waals surface area contributed by atoms with Gasteiger partial charge in [0, 0.05) is 28.7 Å². The van der Waals surface area contributed by atoms with Crippen LogP contribution in [-0.4, -0.2) is 18.6 Å². The Hall–Kier alpha value is -1.91. The number of hydrogen-bond acceptors (Lipinski definition) is 3. The van der Waals surface area contributed by atoms with E-state index in [2.05, 4.69) is 56.6 Å². The second-order valence-electron chi connectivity index (χ2n) is 5.46. The number of hydrogen-bond donors (Lipinski definition) is 1. The number of aromatic nitrogens is 1. The van der Waals surface area contributed by atoms with Gasteiger partial charge in [0.1, 0.15) is 5.75 Å². The summed E-state index contributed by atoms with van der Waals surface area (Å²) in [6.07, 6.45) is 2.94. The van der Waals surface area contributed by atoms with Gasteiger partial charge in [0.15, 0.2) is 0 Å². The van der Waals surface area contributed by atoms with Gasteiger partial charge in [-0.1, -0.05) is 28.1 Å². The van der Waals surface area contributed by atoms with Crippen molar-refractivity contribution in [1.29, 1.82) is 0 Å². The molecule has 3 rings (SSSR count). The maximum Gasteiger partial charge on any atom is 0.121 e. The summed E-state index contributed by atoms with van der Waals surface area (Å²) in [6.45, 7) is 1.77. The second kappa shape index (κ2) is 7.57. The van der Waals surface area contributed by atoms with Crippen LogP contribution in [0.4, 0.5) is 0 Å². The molecule has 0 aliphatic heterocycles. The molecule has 3 nitrogen and oxygen atoms in total. The van der Waals surface area contributed by atoms with Crippen LogP contribution in [0.1, 0.15) is 11.1 Å². The lowest BCUT2D eigenvalue weighted by atomic mass is 10.1. The van der Waals surface area contributed by atoms with Gasteiger partial charge in [-0.2, -0.15) is 0 Å². The zero-order chi connectivity index (χ0) is 16.1. The fraction of sp³-hybridized carbons (Fsp3) is 0.211. The molecule has 1 aromatic heterocycles. The number of pyridine rings is 1. The topological polar surface area (TPSA) is 34.1 Å². The Morgan fingerprint density at radius 1 is 1.04 bits per heavy atom. The van der Waals surface area contributed by atoms with E-state index < -0.39 is 0 Å². The largest absolute Gasteiger partial charge is 0.497 e. The van der Waals surface area contributed by atoms with Crippen molar-refractivity contribution in [2.45, 2.75) is 13.0 Å². The Kier molecular flexibility index (Phi) is 5.26. The van der Waals surface area contributed by atoms with E-state index in [1.165, 1.54) is 11.1 Å². The summed E-state index contributed by atoms with van der Waals surface area (Å²) in [7, 11) is 1.67. The molecule has 0 atom stereocenters. The Morgan fingerprint density at radius 2 is 1.87 bits per heavy atom. The van der Waals surface area contributed by atoms with Crippen LogP contribution in [0.5, 0.6) is 5.75 Å². The monoisotopic (exact) mass is 370 g/mol. The van der Waals surface area contributed by atoms with Gasteiger partial charge in [-0.3, -0.25) is 4.98 Å². The highest BCUT2D eigenvalue weighted by atomic mass is 79.9. The lowest BCUT2D eigenvalue weighted by Crippen LogP contribution is -2.16. The van der Waals surface area contributed by atoms with Crippen molar-refractivity contribution in [3.8, 4) is 5.75 Å². The lowest BCUT2D eigenvalue weighted by Gasteiger charge is -2.07. The van der Waals surface area contributed by atoms with Gasteiger partial charge in [-0.25, -0.2) is 0 Å². The van der Waals surface area contributed by atoms with Crippen LogP contribution >= 0.6 is 15.9 Å². The van der Waals surface area contributed by atoms with E-state index in [4.69, 9.17) is 4.74 Å². The predicted octanol–water partition coefficient (Wildman–Crippen LogP) is 4.34. The van der Waals surface area contributed by atoms with Crippen molar-refractivity contribution in [3.05, 3.63) is 70.3 Å². The number of rotatable bonds is 6. The minimum atomic E-state index is 0.825. The molecule has 0 amide bonds. The van der Waals surface area contributed by atoms with Gasteiger partial charge in [0.05, 0.1) is 12.6 Å². The third-order valence-corrected chi connectivity index (χ3v) is 4.31. The Morgan fingerprint density at radius 3 is 2.65 bits per heavy atom. The van der Waals surface area contributed by atoms with Crippen LogP contribution in [0, 0.1) is 0 Å².